The molecule has 1 heterocycles. The first-order valence-electron chi connectivity index (χ1n) is 10.1. The quantitative estimate of drug-likeness (QED) is 0.328. The van der Waals surface area contributed by atoms with Crippen LogP contribution < -0.4 is 10.6 Å². The van der Waals surface area contributed by atoms with E-state index in [9.17, 15) is 4.79 Å². The lowest BCUT2D eigenvalue weighted by atomic mass is 9.88. The van der Waals surface area contributed by atoms with Gasteiger partial charge in [-0.05, 0) is 49.4 Å². The third-order valence-electron chi connectivity index (χ3n) is 5.77. The molecule has 28 heavy (non-hydrogen) atoms. The summed E-state index contributed by atoms with van der Waals surface area (Å²) in [6.45, 7) is 4.49. The maximum absolute atomic E-state index is 12.7. The number of benzene rings is 1. The minimum absolute atomic E-state index is 0. The first-order chi connectivity index (χ1) is 13.1. The van der Waals surface area contributed by atoms with Crippen LogP contribution in [-0.4, -0.2) is 42.9 Å². The molecule has 156 valence electrons. The highest BCUT2D eigenvalue weighted by Gasteiger charge is 2.31. The van der Waals surface area contributed by atoms with Crippen molar-refractivity contribution in [2.24, 2.45) is 10.9 Å². The van der Waals surface area contributed by atoms with Crippen LogP contribution in [0.25, 0.3) is 0 Å². The predicted molar refractivity (Wildman–Crippen MR) is 129 cm³/mol. The van der Waals surface area contributed by atoms with Gasteiger partial charge in [0.2, 0.25) is 5.91 Å². The molecule has 3 rings (SSSR count). The molecule has 2 fully saturated rings. The lowest BCUT2D eigenvalue weighted by Crippen LogP contribution is -2.45. The Balaban J connectivity index is 0.00000280. The predicted octanol–water partition coefficient (Wildman–Crippen LogP) is 4.22. The van der Waals surface area contributed by atoms with Gasteiger partial charge in [-0.2, -0.15) is 0 Å². The Hall–Kier alpha value is -0.830. The summed E-state index contributed by atoms with van der Waals surface area (Å²) in [5.74, 6) is 1.43. The highest BCUT2D eigenvalue weighted by atomic mass is 127. The molecule has 1 aromatic carbocycles. The Labute approximate surface area is 194 Å². The van der Waals surface area contributed by atoms with E-state index in [1.54, 1.807) is 7.05 Å². The number of aliphatic imine (C=N–C) groups is 1. The van der Waals surface area contributed by atoms with Crippen molar-refractivity contribution in [2.75, 3.05) is 20.1 Å². The number of carbonyl (C=O) groups is 1. The van der Waals surface area contributed by atoms with E-state index in [0.29, 0.717) is 5.91 Å². The minimum Gasteiger partial charge on any atom is -0.352 e. The molecule has 0 radical (unpaired) electrons. The second-order valence-electron chi connectivity index (χ2n) is 7.75. The van der Waals surface area contributed by atoms with Crippen molar-refractivity contribution >= 4 is 51.8 Å². The summed E-state index contributed by atoms with van der Waals surface area (Å²) in [6.07, 6.45) is 6.83. The fourth-order valence-corrected chi connectivity index (χ4v) is 4.59. The summed E-state index contributed by atoms with van der Waals surface area (Å²) in [5.41, 5.74) is 2.50. The number of hydrogen-bond donors (Lipinski definition) is 2. The van der Waals surface area contributed by atoms with Crippen LogP contribution in [0.3, 0.4) is 0 Å². The van der Waals surface area contributed by atoms with E-state index in [0.717, 1.165) is 49.3 Å². The summed E-state index contributed by atoms with van der Waals surface area (Å²) in [6, 6.07) is 6.58. The van der Waals surface area contributed by atoms with Gasteiger partial charge in [-0.25, -0.2) is 0 Å². The van der Waals surface area contributed by atoms with Gasteiger partial charge in [0.25, 0.3) is 0 Å². The molecule has 5 nitrogen and oxygen atoms in total. The van der Waals surface area contributed by atoms with Crippen molar-refractivity contribution < 1.29 is 4.79 Å². The zero-order valence-electron chi connectivity index (χ0n) is 16.8. The molecular weight excluding hydrogens is 531 g/mol. The molecule has 1 saturated heterocycles. The third-order valence-corrected chi connectivity index (χ3v) is 6.26. The highest BCUT2D eigenvalue weighted by Crippen LogP contribution is 2.26. The molecule has 1 aliphatic heterocycles. The van der Waals surface area contributed by atoms with E-state index in [2.05, 4.69) is 61.6 Å². The average molecular weight is 563 g/mol. The lowest BCUT2D eigenvalue weighted by Gasteiger charge is -2.26. The van der Waals surface area contributed by atoms with E-state index < -0.39 is 0 Å². The second-order valence-corrected chi connectivity index (χ2v) is 8.66. The number of nitrogens with zero attached hydrogens (tertiary/aromatic N) is 2. The van der Waals surface area contributed by atoms with Crippen LogP contribution in [-0.2, 0) is 11.3 Å². The van der Waals surface area contributed by atoms with Crippen molar-refractivity contribution in [2.45, 2.75) is 58.0 Å². The first-order valence-corrected chi connectivity index (χ1v) is 10.9. The molecule has 7 heteroatoms. The van der Waals surface area contributed by atoms with Crippen LogP contribution in [0, 0.1) is 12.8 Å². The Morgan fingerprint density at radius 3 is 2.68 bits per heavy atom. The van der Waals surface area contributed by atoms with Crippen molar-refractivity contribution in [1.29, 1.82) is 0 Å². The van der Waals surface area contributed by atoms with Crippen molar-refractivity contribution in [3.63, 3.8) is 0 Å². The minimum atomic E-state index is 0. The number of rotatable bonds is 4. The molecule has 2 aliphatic rings. The van der Waals surface area contributed by atoms with Crippen molar-refractivity contribution in [3.8, 4) is 0 Å². The van der Waals surface area contributed by atoms with Crippen LogP contribution in [0.4, 0.5) is 0 Å². The number of halogens is 2. The van der Waals surface area contributed by atoms with Gasteiger partial charge in [-0.15, -0.1) is 24.0 Å². The number of hydrogen-bond acceptors (Lipinski definition) is 2. The molecule has 1 saturated carbocycles. The zero-order valence-corrected chi connectivity index (χ0v) is 20.8. The Kier molecular flexibility index (Phi) is 9.53. The van der Waals surface area contributed by atoms with Gasteiger partial charge >= 0.3 is 0 Å². The van der Waals surface area contributed by atoms with Crippen LogP contribution in [0.15, 0.2) is 27.7 Å². The Bertz CT molecular complexity index is 691. The standard InChI is InChI=1S/C21H31BrN4O.HI/c1-15-12-18(22)9-8-17(15)13-24-21(23-2)25-19-10-11-26(14-19)20(27)16-6-4-3-5-7-16;/h8-9,12,16,19H,3-7,10-11,13-14H2,1-2H3,(H2,23,24,25);1H. The number of likely N-dealkylation sites (tertiary alicyclic amines) is 1. The van der Waals surface area contributed by atoms with Crippen molar-refractivity contribution in [1.82, 2.24) is 15.5 Å². The van der Waals surface area contributed by atoms with E-state index in [1.807, 2.05) is 0 Å². The number of guanidine groups is 1. The Morgan fingerprint density at radius 2 is 2.00 bits per heavy atom. The van der Waals surface area contributed by atoms with E-state index in [1.165, 1.54) is 30.4 Å². The smallest absolute Gasteiger partial charge is 0.225 e. The molecular formula is C21H32BrIN4O. The molecule has 0 spiro atoms. The van der Waals surface area contributed by atoms with E-state index in [-0.39, 0.29) is 35.9 Å². The van der Waals surface area contributed by atoms with Crippen molar-refractivity contribution in [3.05, 3.63) is 33.8 Å². The zero-order chi connectivity index (χ0) is 19.2. The fourth-order valence-electron chi connectivity index (χ4n) is 4.11. The molecule has 1 atom stereocenters. The summed E-state index contributed by atoms with van der Waals surface area (Å²) >= 11 is 3.51. The maximum atomic E-state index is 12.7. The molecule has 1 aromatic rings. The largest absolute Gasteiger partial charge is 0.352 e. The van der Waals surface area contributed by atoms with E-state index >= 15 is 0 Å². The Morgan fingerprint density at radius 1 is 1.25 bits per heavy atom. The first kappa shape index (κ1) is 23.4. The normalized spacial score (nSPS) is 20.6. The van der Waals surface area contributed by atoms with Gasteiger partial charge in [0.1, 0.15) is 0 Å². The average Bonchev–Trinajstić information content (AvgIpc) is 3.15. The highest BCUT2D eigenvalue weighted by molar-refractivity contribution is 14.0. The van der Waals surface area contributed by atoms with Crippen LogP contribution in [0.5, 0.6) is 0 Å². The van der Waals surface area contributed by atoms with E-state index in [4.69, 9.17) is 0 Å². The van der Waals surface area contributed by atoms with Gasteiger partial charge in [0, 0.05) is 43.1 Å². The van der Waals surface area contributed by atoms with Gasteiger partial charge in [0.15, 0.2) is 5.96 Å². The van der Waals surface area contributed by atoms with Crippen LogP contribution in [0.2, 0.25) is 0 Å². The second kappa shape index (κ2) is 11.4. The molecule has 0 bridgehead atoms. The number of amides is 1. The summed E-state index contributed by atoms with van der Waals surface area (Å²) in [7, 11) is 1.80. The summed E-state index contributed by atoms with van der Waals surface area (Å²) in [4.78, 5) is 19.1. The summed E-state index contributed by atoms with van der Waals surface area (Å²) < 4.78 is 1.10. The molecule has 0 aromatic heterocycles. The van der Waals surface area contributed by atoms with Crippen LogP contribution >= 0.6 is 39.9 Å². The number of carbonyl (C=O) groups excluding carboxylic acids is 1. The van der Waals surface area contributed by atoms with Gasteiger partial charge in [-0.1, -0.05) is 41.3 Å². The van der Waals surface area contributed by atoms with Gasteiger partial charge in [-0.3, -0.25) is 9.79 Å². The van der Waals surface area contributed by atoms with Gasteiger partial charge in [0.05, 0.1) is 0 Å². The lowest BCUT2D eigenvalue weighted by molar-refractivity contribution is -0.135. The SMILES string of the molecule is CN=C(NCc1ccc(Br)cc1C)NC1CCN(C(=O)C2CCCCC2)C1.I. The topological polar surface area (TPSA) is 56.7 Å². The number of nitrogens with one attached hydrogen (secondary N) is 2. The maximum Gasteiger partial charge on any atom is 0.225 e. The molecule has 1 amide bonds. The molecule has 1 aliphatic carbocycles. The van der Waals surface area contributed by atoms with Crippen LogP contribution in [0.1, 0.15) is 49.7 Å². The third kappa shape index (κ3) is 6.34. The fraction of sp³-hybridized carbons (Fsp3) is 0.619. The summed E-state index contributed by atoms with van der Waals surface area (Å²) in [5, 5.41) is 6.89. The monoisotopic (exact) mass is 562 g/mol. The van der Waals surface area contributed by atoms with Gasteiger partial charge < -0.3 is 15.5 Å². The molecule has 1 unspecified atom stereocenters. The molecule has 2 N–H and O–H groups in total. The number of aryl methyl sites for hydroxylation is 1.